The van der Waals surface area contributed by atoms with Gasteiger partial charge in [0.2, 0.25) is 0 Å². The zero-order valence-electron chi connectivity index (χ0n) is 20.2. The minimum Gasteiger partial charge on any atom is -0.550 e. The molecule has 0 aromatic carbocycles. The first-order chi connectivity index (χ1) is 14.6. The van der Waals surface area contributed by atoms with Crippen molar-refractivity contribution in [1.82, 2.24) is 0 Å². The number of rotatable bonds is 21. The molecule has 0 rings (SSSR count). The van der Waals surface area contributed by atoms with E-state index < -0.39 is 23.8 Å². The molecule has 0 aliphatic rings. The van der Waals surface area contributed by atoms with Crippen molar-refractivity contribution in [3.05, 3.63) is 12.2 Å². The number of unbranched alkanes of at least 4 members (excludes halogenated alkanes) is 13. The lowest BCUT2D eigenvalue weighted by Crippen LogP contribution is -2.55. The van der Waals surface area contributed by atoms with Gasteiger partial charge in [0.15, 0.2) is 11.4 Å². The zero-order valence-corrected chi connectivity index (χ0v) is 20.2. The van der Waals surface area contributed by atoms with Crippen molar-refractivity contribution in [1.29, 1.82) is 0 Å². The molecule has 1 atom stereocenters. The van der Waals surface area contributed by atoms with Crippen molar-refractivity contribution in [3.63, 3.8) is 0 Å². The van der Waals surface area contributed by atoms with Crippen molar-refractivity contribution >= 4 is 11.8 Å². The van der Waals surface area contributed by atoms with E-state index in [0.717, 1.165) is 32.1 Å². The van der Waals surface area contributed by atoms with Crippen LogP contribution in [0.1, 0.15) is 96.3 Å². The fourth-order valence-corrected chi connectivity index (χ4v) is 3.91. The minimum atomic E-state index is -1.92. The van der Waals surface area contributed by atoms with Gasteiger partial charge >= 0.3 is 0 Å². The second-order valence-corrected chi connectivity index (χ2v) is 9.90. The van der Waals surface area contributed by atoms with Crippen LogP contribution in [-0.2, 0) is 9.59 Å². The number of carboxylic acid groups (broad SMARTS) is 1. The van der Waals surface area contributed by atoms with Gasteiger partial charge in [-0.2, -0.15) is 0 Å². The summed E-state index contributed by atoms with van der Waals surface area (Å²) in [5.74, 6) is -1.98. The summed E-state index contributed by atoms with van der Waals surface area (Å²) in [5.41, 5.74) is -1.92. The molecule has 0 aromatic rings. The standard InChI is InChI=1S/C25H47NO5/c1-26(2,3)22-25(31,21-24(29)30)23(28)19-17-15-13-11-9-7-5-4-6-8-10-12-14-16-18-20-27/h17,19,27,31H,4-16,18,20-22H2,1-3H3. The van der Waals surface area contributed by atoms with Crippen LogP contribution in [0.25, 0.3) is 0 Å². The monoisotopic (exact) mass is 441 g/mol. The van der Waals surface area contributed by atoms with Crippen molar-refractivity contribution in [3.8, 4) is 0 Å². The van der Waals surface area contributed by atoms with Crippen molar-refractivity contribution in [2.45, 2.75) is 102 Å². The molecule has 0 spiro atoms. The van der Waals surface area contributed by atoms with Gasteiger partial charge in [-0.05, 0) is 25.3 Å². The molecule has 2 N–H and O–H groups in total. The van der Waals surface area contributed by atoms with E-state index in [2.05, 4.69) is 0 Å². The van der Waals surface area contributed by atoms with Gasteiger partial charge in [0.1, 0.15) is 6.54 Å². The summed E-state index contributed by atoms with van der Waals surface area (Å²) in [4.78, 5) is 23.3. The summed E-state index contributed by atoms with van der Waals surface area (Å²) >= 11 is 0. The minimum absolute atomic E-state index is 0.0217. The number of quaternary nitrogens is 1. The molecular formula is C25H47NO5. The Hall–Kier alpha value is -1.24. The van der Waals surface area contributed by atoms with E-state index in [0.29, 0.717) is 6.61 Å². The normalized spacial score (nSPS) is 14.1. The van der Waals surface area contributed by atoms with E-state index in [4.69, 9.17) is 5.11 Å². The largest absolute Gasteiger partial charge is 0.550 e. The SMILES string of the molecule is C[N+](C)(C)CC(O)(CC(=O)[O-])C(=O)C=CCCCCCCCCCCCCCCCO. The first kappa shape index (κ1) is 29.8. The average molecular weight is 442 g/mol. The number of likely N-dealkylation sites (N-methyl/N-ethyl adjacent to an activating group) is 1. The molecule has 0 aromatic heterocycles. The maximum atomic E-state index is 12.4. The molecule has 0 heterocycles. The van der Waals surface area contributed by atoms with Gasteiger partial charge in [0.05, 0.1) is 21.1 Å². The number of ketones is 1. The number of aliphatic carboxylic acids is 1. The summed E-state index contributed by atoms with van der Waals surface area (Å²) in [5, 5.41) is 30.3. The number of aliphatic hydroxyl groups is 2. The van der Waals surface area contributed by atoms with Crippen LogP contribution in [0.5, 0.6) is 0 Å². The van der Waals surface area contributed by atoms with Gasteiger partial charge in [-0.3, -0.25) is 4.79 Å². The quantitative estimate of drug-likeness (QED) is 0.162. The predicted octanol–water partition coefficient (Wildman–Crippen LogP) is 3.14. The molecule has 0 saturated heterocycles. The molecule has 0 aliphatic carbocycles. The number of nitrogens with zero attached hydrogens (tertiary/aromatic N) is 1. The number of carboxylic acids is 1. The Balaban J connectivity index is 3.83. The van der Waals surface area contributed by atoms with Gasteiger partial charge in [-0.15, -0.1) is 0 Å². The molecule has 0 radical (unpaired) electrons. The molecule has 1 unspecified atom stereocenters. The summed E-state index contributed by atoms with van der Waals surface area (Å²) in [7, 11) is 5.41. The lowest BCUT2D eigenvalue weighted by atomic mass is 9.92. The molecular weight excluding hydrogens is 394 g/mol. The fourth-order valence-electron chi connectivity index (χ4n) is 3.91. The highest BCUT2D eigenvalue weighted by Crippen LogP contribution is 2.17. The van der Waals surface area contributed by atoms with E-state index in [1.165, 1.54) is 63.9 Å². The van der Waals surface area contributed by atoms with Crippen LogP contribution in [0.15, 0.2) is 12.2 Å². The van der Waals surface area contributed by atoms with Gasteiger partial charge in [-0.1, -0.05) is 76.7 Å². The fraction of sp³-hybridized carbons (Fsp3) is 0.840. The van der Waals surface area contributed by atoms with Crippen LogP contribution in [0, 0.1) is 0 Å². The van der Waals surface area contributed by atoms with Crippen LogP contribution in [0.2, 0.25) is 0 Å². The molecule has 0 fully saturated rings. The smallest absolute Gasteiger partial charge is 0.193 e. The van der Waals surface area contributed by atoms with Gasteiger partial charge < -0.3 is 24.6 Å². The van der Waals surface area contributed by atoms with Crippen LogP contribution >= 0.6 is 0 Å². The highest BCUT2D eigenvalue weighted by atomic mass is 16.4. The maximum absolute atomic E-state index is 12.4. The first-order valence-corrected chi connectivity index (χ1v) is 12.2. The maximum Gasteiger partial charge on any atom is 0.193 e. The Morgan fingerprint density at radius 2 is 1.23 bits per heavy atom. The third kappa shape index (κ3) is 18.1. The van der Waals surface area contributed by atoms with E-state index in [-0.39, 0.29) is 11.0 Å². The third-order valence-electron chi connectivity index (χ3n) is 5.43. The zero-order chi connectivity index (χ0) is 23.6. The summed E-state index contributed by atoms with van der Waals surface area (Å²) in [6, 6.07) is 0. The number of aliphatic hydroxyl groups excluding tert-OH is 1. The Morgan fingerprint density at radius 3 is 1.61 bits per heavy atom. The van der Waals surface area contributed by atoms with Crippen molar-refractivity contribution in [2.24, 2.45) is 0 Å². The van der Waals surface area contributed by atoms with E-state index >= 15 is 0 Å². The molecule has 0 amide bonds. The molecule has 182 valence electrons. The lowest BCUT2D eigenvalue weighted by molar-refractivity contribution is -0.875. The molecule has 0 aliphatic heterocycles. The van der Waals surface area contributed by atoms with E-state index in [9.17, 15) is 19.8 Å². The van der Waals surface area contributed by atoms with Crippen LogP contribution in [0.3, 0.4) is 0 Å². The van der Waals surface area contributed by atoms with Crippen LogP contribution in [-0.4, -0.2) is 66.3 Å². The van der Waals surface area contributed by atoms with E-state index in [1.54, 1.807) is 27.2 Å². The highest BCUT2D eigenvalue weighted by Gasteiger charge is 2.39. The van der Waals surface area contributed by atoms with Crippen LogP contribution in [0.4, 0.5) is 0 Å². The van der Waals surface area contributed by atoms with Crippen molar-refractivity contribution < 1.29 is 29.4 Å². The topological polar surface area (TPSA) is 97.7 Å². The number of carbonyl (C=O) groups excluding carboxylic acids is 2. The first-order valence-electron chi connectivity index (χ1n) is 12.2. The second kappa shape index (κ2) is 17.3. The molecule has 0 saturated carbocycles. The number of hydrogen-bond acceptors (Lipinski definition) is 5. The Bertz CT molecular complexity index is 513. The molecule has 0 bridgehead atoms. The summed E-state index contributed by atoms with van der Waals surface area (Å²) in [6.45, 7) is 0.340. The van der Waals surface area contributed by atoms with E-state index in [1.807, 2.05) is 0 Å². The average Bonchev–Trinajstić information content (AvgIpc) is 2.65. The Kier molecular flexibility index (Phi) is 16.6. The Labute approximate surface area is 189 Å². The number of carbonyl (C=O) groups is 2. The number of hydrogen-bond donors (Lipinski definition) is 2. The number of allylic oxidation sites excluding steroid dienone is 1. The van der Waals surface area contributed by atoms with Gasteiger partial charge in [0, 0.05) is 19.0 Å². The van der Waals surface area contributed by atoms with Gasteiger partial charge in [0.25, 0.3) is 0 Å². The summed E-state index contributed by atoms with van der Waals surface area (Å²) < 4.78 is 0.286. The third-order valence-corrected chi connectivity index (χ3v) is 5.43. The van der Waals surface area contributed by atoms with Gasteiger partial charge in [-0.25, -0.2) is 0 Å². The van der Waals surface area contributed by atoms with Crippen molar-refractivity contribution in [2.75, 3.05) is 34.3 Å². The highest BCUT2D eigenvalue weighted by molar-refractivity contribution is 5.99. The van der Waals surface area contributed by atoms with Crippen LogP contribution < -0.4 is 5.11 Å². The predicted molar refractivity (Wildman–Crippen MR) is 123 cm³/mol. The second-order valence-electron chi connectivity index (χ2n) is 9.90. The Morgan fingerprint density at radius 1 is 0.806 bits per heavy atom. The molecule has 31 heavy (non-hydrogen) atoms. The lowest BCUT2D eigenvalue weighted by Gasteiger charge is -2.34. The molecule has 6 nitrogen and oxygen atoms in total. The molecule has 6 heteroatoms. The summed E-state index contributed by atoms with van der Waals surface area (Å²) in [6.07, 6.45) is 18.8.